The first-order chi connectivity index (χ1) is 8.06. The molecule has 2 aromatic rings. The third-order valence-corrected chi connectivity index (χ3v) is 2.25. The number of aryl methyl sites for hydroxylation is 1. The van der Waals surface area contributed by atoms with E-state index in [0.29, 0.717) is 5.56 Å². The molecule has 1 heterocycles. The lowest BCUT2D eigenvalue weighted by atomic mass is 10.1. The third-order valence-electron chi connectivity index (χ3n) is 2.25. The van der Waals surface area contributed by atoms with Crippen molar-refractivity contribution in [2.75, 3.05) is 0 Å². The molecule has 2 N–H and O–H groups in total. The van der Waals surface area contributed by atoms with E-state index in [1.54, 1.807) is 18.2 Å². The summed E-state index contributed by atoms with van der Waals surface area (Å²) in [7, 11) is 0. The Kier molecular flexibility index (Phi) is 2.82. The minimum atomic E-state index is -0.360. The fourth-order valence-corrected chi connectivity index (χ4v) is 1.53. The van der Waals surface area contributed by atoms with Crippen molar-refractivity contribution in [3.8, 4) is 0 Å². The van der Waals surface area contributed by atoms with E-state index in [1.165, 1.54) is 6.92 Å². The molecule has 0 bridgehead atoms. The second-order valence-corrected chi connectivity index (χ2v) is 3.74. The normalized spacial score (nSPS) is 10.2. The first kappa shape index (κ1) is 11.2. The highest BCUT2D eigenvalue weighted by Crippen LogP contribution is 2.19. The molecule has 0 atom stereocenters. The van der Waals surface area contributed by atoms with E-state index in [0.717, 1.165) is 16.7 Å². The van der Waals surface area contributed by atoms with Crippen LogP contribution in [0.3, 0.4) is 0 Å². The van der Waals surface area contributed by atoms with Crippen molar-refractivity contribution in [2.45, 2.75) is 13.8 Å². The van der Waals surface area contributed by atoms with Gasteiger partial charge in [0.25, 0.3) is 5.91 Å². The summed E-state index contributed by atoms with van der Waals surface area (Å²) >= 11 is 0. The third kappa shape index (κ3) is 2.44. The molecule has 0 unspecified atom stereocenters. The minimum Gasteiger partial charge on any atom is -0.461 e. The minimum absolute atomic E-state index is 0.321. The summed E-state index contributed by atoms with van der Waals surface area (Å²) in [5.41, 5.74) is 5.74. The summed E-state index contributed by atoms with van der Waals surface area (Å²) in [6.07, 6.45) is 0. The van der Waals surface area contributed by atoms with E-state index >= 15 is 0 Å². The SMILES string of the molecule is CC(=O)NNC(=O)c1ccc2oc(C)cc2c1. The van der Waals surface area contributed by atoms with Crippen molar-refractivity contribution in [3.05, 3.63) is 35.6 Å². The number of benzene rings is 1. The Bertz CT molecular complexity index is 586. The highest BCUT2D eigenvalue weighted by atomic mass is 16.3. The molecule has 17 heavy (non-hydrogen) atoms. The fourth-order valence-electron chi connectivity index (χ4n) is 1.53. The molecule has 1 aromatic heterocycles. The summed E-state index contributed by atoms with van der Waals surface area (Å²) in [6, 6.07) is 6.93. The van der Waals surface area contributed by atoms with Crippen molar-refractivity contribution in [1.29, 1.82) is 0 Å². The molecule has 5 heteroatoms. The van der Waals surface area contributed by atoms with Gasteiger partial charge in [0.2, 0.25) is 5.91 Å². The monoisotopic (exact) mass is 232 g/mol. The molecule has 5 nitrogen and oxygen atoms in total. The topological polar surface area (TPSA) is 71.3 Å². The van der Waals surface area contributed by atoms with Crippen LogP contribution in [0.15, 0.2) is 28.7 Å². The van der Waals surface area contributed by atoms with Gasteiger partial charge in [-0.15, -0.1) is 0 Å². The Hall–Kier alpha value is -2.30. The van der Waals surface area contributed by atoms with Crippen LogP contribution in [0.2, 0.25) is 0 Å². The highest BCUT2D eigenvalue weighted by Gasteiger charge is 2.08. The summed E-state index contributed by atoms with van der Waals surface area (Å²) in [5, 5.41) is 0.859. The standard InChI is InChI=1S/C12H12N2O3/c1-7-5-10-6-9(3-4-11(10)17-7)12(16)14-13-8(2)15/h3-6H,1-2H3,(H,13,15)(H,14,16). The first-order valence-corrected chi connectivity index (χ1v) is 5.13. The Morgan fingerprint density at radius 1 is 1.18 bits per heavy atom. The van der Waals surface area contributed by atoms with E-state index in [4.69, 9.17) is 4.42 Å². The summed E-state index contributed by atoms with van der Waals surface area (Å²) < 4.78 is 5.40. The first-order valence-electron chi connectivity index (χ1n) is 5.13. The molecule has 0 aliphatic rings. The van der Waals surface area contributed by atoms with Crippen molar-refractivity contribution in [3.63, 3.8) is 0 Å². The molecule has 0 aliphatic carbocycles. The average molecular weight is 232 g/mol. The van der Waals surface area contributed by atoms with Crippen LogP contribution in [-0.2, 0) is 4.79 Å². The van der Waals surface area contributed by atoms with Crippen molar-refractivity contribution in [2.24, 2.45) is 0 Å². The van der Waals surface area contributed by atoms with E-state index < -0.39 is 0 Å². The number of hydrazine groups is 1. The van der Waals surface area contributed by atoms with Gasteiger partial charge in [0.05, 0.1) is 0 Å². The summed E-state index contributed by atoms with van der Waals surface area (Å²) in [5.74, 6) is 0.110. The Labute approximate surface area is 97.8 Å². The second kappa shape index (κ2) is 4.29. The maximum atomic E-state index is 11.6. The lowest BCUT2D eigenvalue weighted by Crippen LogP contribution is -2.40. The van der Waals surface area contributed by atoms with Crippen LogP contribution < -0.4 is 10.9 Å². The van der Waals surface area contributed by atoms with Gasteiger partial charge < -0.3 is 4.42 Å². The Morgan fingerprint density at radius 2 is 1.94 bits per heavy atom. The van der Waals surface area contributed by atoms with Crippen LogP contribution in [0.1, 0.15) is 23.0 Å². The van der Waals surface area contributed by atoms with Crippen LogP contribution in [0.25, 0.3) is 11.0 Å². The summed E-state index contributed by atoms with van der Waals surface area (Å²) in [4.78, 5) is 22.3. The molecular formula is C12H12N2O3. The van der Waals surface area contributed by atoms with Gasteiger partial charge in [-0.05, 0) is 31.2 Å². The molecule has 0 saturated heterocycles. The fraction of sp³-hybridized carbons (Fsp3) is 0.167. The molecular weight excluding hydrogens is 220 g/mol. The lowest BCUT2D eigenvalue weighted by molar-refractivity contribution is -0.119. The lowest BCUT2D eigenvalue weighted by Gasteiger charge is -2.04. The zero-order valence-electron chi connectivity index (χ0n) is 9.53. The van der Waals surface area contributed by atoms with Gasteiger partial charge >= 0.3 is 0 Å². The van der Waals surface area contributed by atoms with Crippen LogP contribution in [0.5, 0.6) is 0 Å². The van der Waals surface area contributed by atoms with Gasteiger partial charge in [-0.3, -0.25) is 20.4 Å². The molecule has 1 aromatic carbocycles. The van der Waals surface area contributed by atoms with Crippen LogP contribution >= 0.6 is 0 Å². The largest absolute Gasteiger partial charge is 0.461 e. The van der Waals surface area contributed by atoms with E-state index in [9.17, 15) is 9.59 Å². The smallest absolute Gasteiger partial charge is 0.269 e. The maximum absolute atomic E-state index is 11.6. The number of amides is 2. The van der Waals surface area contributed by atoms with Crippen molar-refractivity contribution < 1.29 is 14.0 Å². The maximum Gasteiger partial charge on any atom is 0.269 e. The van der Waals surface area contributed by atoms with Crippen molar-refractivity contribution >= 4 is 22.8 Å². The molecule has 0 aliphatic heterocycles. The highest BCUT2D eigenvalue weighted by molar-refractivity contribution is 5.98. The predicted molar refractivity (Wildman–Crippen MR) is 62.2 cm³/mol. The van der Waals surface area contributed by atoms with Gasteiger partial charge in [-0.25, -0.2) is 0 Å². The predicted octanol–water partition coefficient (Wildman–Crippen LogP) is 1.52. The van der Waals surface area contributed by atoms with Crippen LogP contribution in [0, 0.1) is 6.92 Å². The number of furan rings is 1. The molecule has 2 amide bonds. The number of nitrogens with one attached hydrogen (secondary N) is 2. The Balaban J connectivity index is 2.23. The molecule has 0 spiro atoms. The van der Waals surface area contributed by atoms with E-state index in [2.05, 4.69) is 10.9 Å². The number of rotatable bonds is 1. The number of hydrogen-bond donors (Lipinski definition) is 2. The van der Waals surface area contributed by atoms with Crippen molar-refractivity contribution in [1.82, 2.24) is 10.9 Å². The van der Waals surface area contributed by atoms with Gasteiger partial charge in [0, 0.05) is 17.9 Å². The van der Waals surface area contributed by atoms with E-state index in [1.807, 2.05) is 13.0 Å². The number of carbonyl (C=O) groups excluding carboxylic acids is 2. The van der Waals surface area contributed by atoms with E-state index in [-0.39, 0.29) is 11.8 Å². The van der Waals surface area contributed by atoms with Gasteiger partial charge in [0.1, 0.15) is 11.3 Å². The molecule has 0 saturated carbocycles. The molecule has 2 rings (SSSR count). The molecule has 88 valence electrons. The Morgan fingerprint density at radius 3 is 2.65 bits per heavy atom. The number of hydrogen-bond acceptors (Lipinski definition) is 3. The van der Waals surface area contributed by atoms with Gasteiger partial charge in [-0.2, -0.15) is 0 Å². The average Bonchev–Trinajstić information content (AvgIpc) is 2.64. The van der Waals surface area contributed by atoms with Gasteiger partial charge in [-0.1, -0.05) is 0 Å². The second-order valence-electron chi connectivity index (χ2n) is 3.74. The zero-order chi connectivity index (χ0) is 12.4. The van der Waals surface area contributed by atoms with Crippen LogP contribution in [-0.4, -0.2) is 11.8 Å². The molecule has 0 radical (unpaired) electrons. The summed E-state index contributed by atoms with van der Waals surface area (Å²) in [6.45, 7) is 3.17. The van der Waals surface area contributed by atoms with Crippen LogP contribution in [0.4, 0.5) is 0 Å². The number of fused-ring (bicyclic) bond motifs is 1. The van der Waals surface area contributed by atoms with Gasteiger partial charge in [0.15, 0.2) is 0 Å². The quantitative estimate of drug-likeness (QED) is 0.732. The number of carbonyl (C=O) groups is 2. The zero-order valence-corrected chi connectivity index (χ0v) is 9.53. The molecule has 0 fully saturated rings.